The number of hydrogen-bond donors (Lipinski definition) is 1. The van der Waals surface area contributed by atoms with Crippen molar-refractivity contribution in [3.05, 3.63) is 77.9 Å². The molecule has 7 heteroatoms. The number of carbonyl (C=O) groups excluding carboxylic acids is 1. The van der Waals surface area contributed by atoms with Crippen molar-refractivity contribution < 1.29 is 9.53 Å². The van der Waals surface area contributed by atoms with Crippen LogP contribution < -0.4 is 10.1 Å². The van der Waals surface area contributed by atoms with E-state index >= 15 is 0 Å². The SMILES string of the molecule is CC(C)COc1ccc(C(=O)Nc2nnc(SCc3cccc4ccccc34)s2)cc1. The van der Waals surface area contributed by atoms with Crippen molar-refractivity contribution >= 4 is 44.9 Å². The van der Waals surface area contributed by atoms with Gasteiger partial charge in [0.1, 0.15) is 5.75 Å². The molecule has 3 aromatic carbocycles. The summed E-state index contributed by atoms with van der Waals surface area (Å²) in [6, 6.07) is 21.8. The van der Waals surface area contributed by atoms with Crippen molar-refractivity contribution in [2.24, 2.45) is 5.92 Å². The summed E-state index contributed by atoms with van der Waals surface area (Å²) >= 11 is 3.00. The highest BCUT2D eigenvalue weighted by Crippen LogP contribution is 2.31. The van der Waals surface area contributed by atoms with Gasteiger partial charge in [0.2, 0.25) is 5.13 Å². The van der Waals surface area contributed by atoms with Crippen LogP contribution in [0.25, 0.3) is 10.8 Å². The van der Waals surface area contributed by atoms with Crippen molar-refractivity contribution in [1.29, 1.82) is 0 Å². The Kier molecular flexibility index (Phi) is 6.84. The molecule has 1 heterocycles. The van der Waals surface area contributed by atoms with Crippen LogP contribution in [0.1, 0.15) is 29.8 Å². The van der Waals surface area contributed by atoms with Crippen LogP contribution in [0.2, 0.25) is 0 Å². The predicted molar refractivity (Wildman–Crippen MR) is 128 cm³/mol. The lowest BCUT2D eigenvalue weighted by Gasteiger charge is -2.09. The largest absolute Gasteiger partial charge is 0.493 e. The summed E-state index contributed by atoms with van der Waals surface area (Å²) in [5, 5.41) is 14.1. The minimum absolute atomic E-state index is 0.211. The van der Waals surface area contributed by atoms with Crippen molar-refractivity contribution in [2.45, 2.75) is 23.9 Å². The van der Waals surface area contributed by atoms with E-state index in [1.54, 1.807) is 23.9 Å². The van der Waals surface area contributed by atoms with E-state index in [0.29, 0.717) is 23.2 Å². The lowest BCUT2D eigenvalue weighted by atomic mass is 10.1. The van der Waals surface area contributed by atoms with Gasteiger partial charge in [0.25, 0.3) is 5.91 Å². The Morgan fingerprint density at radius 3 is 2.61 bits per heavy atom. The number of thioether (sulfide) groups is 1. The number of carbonyl (C=O) groups is 1. The van der Waals surface area contributed by atoms with E-state index in [1.165, 1.54) is 27.7 Å². The zero-order valence-electron chi connectivity index (χ0n) is 17.4. The Hall–Kier alpha value is -2.90. The second kappa shape index (κ2) is 9.94. The average molecular weight is 450 g/mol. The summed E-state index contributed by atoms with van der Waals surface area (Å²) in [5.41, 5.74) is 1.81. The molecule has 5 nitrogen and oxygen atoms in total. The van der Waals surface area contributed by atoms with Gasteiger partial charge in [-0.3, -0.25) is 10.1 Å². The molecule has 1 amide bonds. The molecule has 1 N–H and O–H groups in total. The molecule has 0 saturated heterocycles. The maximum absolute atomic E-state index is 12.5. The van der Waals surface area contributed by atoms with E-state index in [2.05, 4.69) is 65.8 Å². The van der Waals surface area contributed by atoms with Crippen LogP contribution in [0.3, 0.4) is 0 Å². The molecular weight excluding hydrogens is 426 g/mol. The fourth-order valence-electron chi connectivity index (χ4n) is 3.01. The first-order valence-electron chi connectivity index (χ1n) is 10.1. The molecule has 0 aliphatic heterocycles. The molecule has 0 fully saturated rings. The molecular formula is C24H23N3O2S2. The topological polar surface area (TPSA) is 64.1 Å². The van der Waals surface area contributed by atoms with Crippen molar-refractivity contribution in [3.8, 4) is 5.75 Å². The second-order valence-electron chi connectivity index (χ2n) is 7.48. The summed E-state index contributed by atoms with van der Waals surface area (Å²) < 4.78 is 6.48. The highest BCUT2D eigenvalue weighted by atomic mass is 32.2. The minimum Gasteiger partial charge on any atom is -0.493 e. The standard InChI is InChI=1S/C24H23N3O2S2/c1-16(2)14-29-20-12-10-18(11-13-20)22(28)25-23-26-27-24(31-23)30-15-19-8-5-7-17-6-3-4-9-21(17)19/h3-13,16H,14-15H2,1-2H3,(H,25,26,28). The zero-order chi connectivity index (χ0) is 21.6. The van der Waals surface area contributed by atoms with Crippen molar-refractivity contribution in [2.75, 3.05) is 11.9 Å². The van der Waals surface area contributed by atoms with E-state index in [-0.39, 0.29) is 5.91 Å². The molecule has 158 valence electrons. The molecule has 0 radical (unpaired) electrons. The Morgan fingerprint density at radius 1 is 1.03 bits per heavy atom. The summed E-state index contributed by atoms with van der Waals surface area (Å²) in [5.74, 6) is 1.79. The van der Waals surface area contributed by atoms with Gasteiger partial charge >= 0.3 is 0 Å². The van der Waals surface area contributed by atoms with Gasteiger partial charge in [-0.2, -0.15) is 0 Å². The molecule has 1 aromatic heterocycles. The minimum atomic E-state index is -0.211. The fourth-order valence-corrected chi connectivity index (χ4v) is 4.76. The molecule has 0 aliphatic carbocycles. The number of nitrogens with one attached hydrogen (secondary N) is 1. The third-order valence-electron chi connectivity index (χ3n) is 4.56. The van der Waals surface area contributed by atoms with Gasteiger partial charge in [-0.15, -0.1) is 10.2 Å². The maximum Gasteiger partial charge on any atom is 0.257 e. The molecule has 31 heavy (non-hydrogen) atoms. The Bertz CT molecular complexity index is 1170. The number of amides is 1. The molecule has 0 spiro atoms. The first kappa shape index (κ1) is 21.3. The number of aromatic nitrogens is 2. The Balaban J connectivity index is 1.35. The fraction of sp³-hybridized carbons (Fsp3) is 0.208. The van der Waals surface area contributed by atoms with Crippen LogP contribution in [0.15, 0.2) is 71.1 Å². The molecule has 4 aromatic rings. The average Bonchev–Trinajstić information content (AvgIpc) is 3.23. The van der Waals surface area contributed by atoms with Gasteiger partial charge < -0.3 is 4.74 Å². The van der Waals surface area contributed by atoms with Crippen LogP contribution in [0.5, 0.6) is 5.75 Å². The van der Waals surface area contributed by atoms with Gasteiger partial charge in [0.05, 0.1) is 6.61 Å². The Labute approximate surface area is 189 Å². The Morgan fingerprint density at radius 2 is 1.81 bits per heavy atom. The number of rotatable bonds is 8. The molecule has 0 bridgehead atoms. The molecule has 0 aliphatic rings. The van der Waals surface area contributed by atoms with E-state index in [0.717, 1.165) is 15.8 Å². The first-order chi connectivity index (χ1) is 15.1. The molecule has 0 atom stereocenters. The lowest BCUT2D eigenvalue weighted by Crippen LogP contribution is -2.11. The number of benzene rings is 3. The highest BCUT2D eigenvalue weighted by molar-refractivity contribution is 8.00. The van der Waals surface area contributed by atoms with Gasteiger partial charge in [-0.05, 0) is 46.5 Å². The molecule has 4 rings (SSSR count). The predicted octanol–water partition coefficient (Wildman–Crippen LogP) is 6.27. The van der Waals surface area contributed by atoms with Crippen molar-refractivity contribution in [3.63, 3.8) is 0 Å². The van der Waals surface area contributed by atoms with Crippen LogP contribution >= 0.6 is 23.1 Å². The smallest absolute Gasteiger partial charge is 0.257 e. The third kappa shape index (κ3) is 5.62. The number of anilines is 1. The quantitative estimate of drug-likeness (QED) is 0.254. The van der Waals surface area contributed by atoms with Gasteiger partial charge in [-0.25, -0.2) is 0 Å². The van der Waals surface area contributed by atoms with Crippen LogP contribution in [-0.2, 0) is 5.75 Å². The van der Waals surface area contributed by atoms with Gasteiger partial charge in [0, 0.05) is 11.3 Å². The third-order valence-corrected chi connectivity index (χ3v) is 6.58. The monoisotopic (exact) mass is 449 g/mol. The van der Waals surface area contributed by atoms with Crippen molar-refractivity contribution in [1.82, 2.24) is 10.2 Å². The number of hydrogen-bond acceptors (Lipinski definition) is 6. The van der Waals surface area contributed by atoms with E-state index < -0.39 is 0 Å². The highest BCUT2D eigenvalue weighted by Gasteiger charge is 2.12. The number of fused-ring (bicyclic) bond motifs is 1. The van der Waals surface area contributed by atoms with Crippen LogP contribution in [0, 0.1) is 5.92 Å². The molecule has 0 saturated carbocycles. The second-order valence-corrected chi connectivity index (χ2v) is 9.68. The summed E-state index contributed by atoms with van der Waals surface area (Å²) in [4.78, 5) is 12.5. The van der Waals surface area contributed by atoms with Gasteiger partial charge in [0.15, 0.2) is 4.34 Å². The zero-order valence-corrected chi connectivity index (χ0v) is 19.0. The summed E-state index contributed by atoms with van der Waals surface area (Å²) in [6.45, 7) is 4.84. The van der Waals surface area contributed by atoms with Crippen LogP contribution in [-0.4, -0.2) is 22.7 Å². The van der Waals surface area contributed by atoms with E-state index in [9.17, 15) is 4.79 Å². The summed E-state index contributed by atoms with van der Waals surface area (Å²) in [6.07, 6.45) is 0. The molecule has 0 unspecified atom stereocenters. The first-order valence-corrected chi connectivity index (χ1v) is 11.9. The number of nitrogens with zero attached hydrogens (tertiary/aromatic N) is 2. The van der Waals surface area contributed by atoms with Gasteiger partial charge in [-0.1, -0.05) is 79.4 Å². The van der Waals surface area contributed by atoms with E-state index in [1.807, 2.05) is 18.2 Å². The summed E-state index contributed by atoms with van der Waals surface area (Å²) in [7, 11) is 0. The normalized spacial score (nSPS) is 11.1. The maximum atomic E-state index is 12.5. The van der Waals surface area contributed by atoms with E-state index in [4.69, 9.17) is 4.74 Å². The number of ether oxygens (including phenoxy) is 1. The lowest BCUT2D eigenvalue weighted by molar-refractivity contribution is 0.102. The van der Waals surface area contributed by atoms with Crippen LogP contribution in [0.4, 0.5) is 5.13 Å².